The van der Waals surface area contributed by atoms with Gasteiger partial charge in [-0.15, -0.1) is 0 Å². The van der Waals surface area contributed by atoms with Crippen LogP contribution in [0.3, 0.4) is 0 Å². The van der Waals surface area contributed by atoms with Gasteiger partial charge >= 0.3 is 0 Å². The molecule has 1 heterocycles. The van der Waals surface area contributed by atoms with Crippen LogP contribution in [-0.4, -0.2) is 6.79 Å². The van der Waals surface area contributed by atoms with Crippen LogP contribution < -0.4 is 9.47 Å². The lowest BCUT2D eigenvalue weighted by molar-refractivity contribution is 0.174. The second kappa shape index (κ2) is 5.10. The number of rotatable bonds is 2. The fourth-order valence-electron chi connectivity index (χ4n) is 2.21. The molecule has 0 fully saturated rings. The summed E-state index contributed by atoms with van der Waals surface area (Å²) in [4.78, 5) is 0. The van der Waals surface area contributed by atoms with E-state index in [1.54, 1.807) is 0 Å². The number of aryl methyl sites for hydroxylation is 1. The Morgan fingerprint density at radius 3 is 2.75 bits per heavy atom. The maximum absolute atomic E-state index is 9.38. The van der Waals surface area contributed by atoms with Crippen molar-refractivity contribution in [1.29, 1.82) is 5.26 Å². The van der Waals surface area contributed by atoms with Crippen LogP contribution in [0, 0.1) is 18.3 Å². The van der Waals surface area contributed by atoms with Gasteiger partial charge in [-0.2, -0.15) is 5.26 Å². The van der Waals surface area contributed by atoms with E-state index in [4.69, 9.17) is 9.47 Å². The van der Waals surface area contributed by atoms with Gasteiger partial charge in [-0.3, -0.25) is 0 Å². The van der Waals surface area contributed by atoms with Gasteiger partial charge in [0.15, 0.2) is 11.5 Å². The van der Waals surface area contributed by atoms with E-state index in [0.717, 1.165) is 28.2 Å². The smallest absolute Gasteiger partial charge is 0.231 e. The second-order valence-electron chi connectivity index (χ2n) is 4.60. The topological polar surface area (TPSA) is 42.2 Å². The molecule has 0 aliphatic carbocycles. The Morgan fingerprint density at radius 2 is 1.95 bits per heavy atom. The van der Waals surface area contributed by atoms with Crippen molar-refractivity contribution >= 4 is 11.6 Å². The minimum absolute atomic E-state index is 0.255. The Hall–Kier alpha value is -2.73. The average Bonchev–Trinajstić information content (AvgIpc) is 2.93. The van der Waals surface area contributed by atoms with Crippen molar-refractivity contribution in [2.75, 3.05) is 6.79 Å². The Labute approximate surface area is 117 Å². The summed E-state index contributed by atoms with van der Waals surface area (Å²) in [6.45, 7) is 2.26. The summed E-state index contributed by atoms with van der Waals surface area (Å²) in [7, 11) is 0. The van der Waals surface area contributed by atoms with Gasteiger partial charge in [-0.05, 0) is 41.8 Å². The number of ether oxygens (including phenoxy) is 2. The van der Waals surface area contributed by atoms with E-state index in [2.05, 4.69) is 6.07 Å². The highest BCUT2D eigenvalue weighted by molar-refractivity contribution is 5.90. The largest absolute Gasteiger partial charge is 0.454 e. The Bertz CT molecular complexity index is 726. The summed E-state index contributed by atoms with van der Waals surface area (Å²) in [6, 6.07) is 15.8. The molecule has 98 valence electrons. The zero-order valence-corrected chi connectivity index (χ0v) is 11.1. The molecule has 1 aliphatic rings. The van der Waals surface area contributed by atoms with Crippen LogP contribution in [0.2, 0.25) is 0 Å². The lowest BCUT2D eigenvalue weighted by Crippen LogP contribution is -1.92. The molecular weight excluding hydrogens is 250 g/mol. The number of hydrogen-bond donors (Lipinski definition) is 0. The van der Waals surface area contributed by atoms with E-state index < -0.39 is 0 Å². The Kier molecular flexibility index (Phi) is 3.14. The lowest BCUT2D eigenvalue weighted by Gasteiger charge is -2.04. The molecule has 3 rings (SSSR count). The van der Waals surface area contributed by atoms with Crippen LogP contribution in [0.15, 0.2) is 42.5 Å². The van der Waals surface area contributed by atoms with Gasteiger partial charge in [0.1, 0.15) is 0 Å². The summed E-state index contributed by atoms with van der Waals surface area (Å²) in [5.41, 5.74) is 3.60. The standard InChI is InChI=1S/C17H13NO2/c1-12-4-2-3-5-15(12)14(10-18)8-13-6-7-16-17(9-13)20-11-19-16/h2-9H,11H2,1H3. The van der Waals surface area contributed by atoms with Crippen molar-refractivity contribution in [3.63, 3.8) is 0 Å². The second-order valence-corrected chi connectivity index (χ2v) is 4.60. The van der Waals surface area contributed by atoms with E-state index in [1.807, 2.05) is 55.5 Å². The van der Waals surface area contributed by atoms with Crippen LogP contribution in [0.1, 0.15) is 16.7 Å². The normalized spacial score (nSPS) is 13.1. The third-order valence-corrected chi connectivity index (χ3v) is 3.26. The van der Waals surface area contributed by atoms with Crippen molar-refractivity contribution in [2.24, 2.45) is 0 Å². The molecule has 2 aromatic rings. The molecule has 20 heavy (non-hydrogen) atoms. The summed E-state index contributed by atoms with van der Waals surface area (Å²) in [5.74, 6) is 1.47. The summed E-state index contributed by atoms with van der Waals surface area (Å²) >= 11 is 0. The summed E-state index contributed by atoms with van der Waals surface area (Å²) in [5, 5.41) is 9.38. The zero-order chi connectivity index (χ0) is 13.9. The predicted molar refractivity (Wildman–Crippen MR) is 77.2 cm³/mol. The molecule has 3 nitrogen and oxygen atoms in total. The SMILES string of the molecule is Cc1ccccc1C(C#N)=Cc1ccc2c(c1)OCO2. The molecule has 0 radical (unpaired) electrons. The highest BCUT2D eigenvalue weighted by atomic mass is 16.7. The first kappa shape index (κ1) is 12.3. The van der Waals surface area contributed by atoms with Gasteiger partial charge in [0.2, 0.25) is 6.79 Å². The van der Waals surface area contributed by atoms with Crippen molar-refractivity contribution in [2.45, 2.75) is 6.92 Å². The van der Waals surface area contributed by atoms with Gasteiger partial charge in [0, 0.05) is 0 Å². The maximum Gasteiger partial charge on any atom is 0.231 e. The summed E-state index contributed by atoms with van der Waals surface area (Å²) < 4.78 is 10.6. The highest BCUT2D eigenvalue weighted by Crippen LogP contribution is 2.33. The molecule has 0 saturated heterocycles. The Morgan fingerprint density at radius 1 is 1.15 bits per heavy atom. The van der Waals surface area contributed by atoms with Gasteiger partial charge in [-0.25, -0.2) is 0 Å². The zero-order valence-electron chi connectivity index (χ0n) is 11.1. The number of nitriles is 1. The van der Waals surface area contributed by atoms with Crippen LogP contribution in [0.25, 0.3) is 11.6 Å². The third-order valence-electron chi connectivity index (χ3n) is 3.26. The fraction of sp³-hybridized carbons (Fsp3) is 0.118. The molecule has 3 heteroatoms. The van der Waals surface area contributed by atoms with Gasteiger partial charge < -0.3 is 9.47 Å². The first-order valence-electron chi connectivity index (χ1n) is 6.35. The first-order valence-corrected chi connectivity index (χ1v) is 6.35. The molecule has 0 saturated carbocycles. The van der Waals surface area contributed by atoms with E-state index in [-0.39, 0.29) is 6.79 Å². The molecule has 0 bridgehead atoms. The number of benzene rings is 2. The van der Waals surface area contributed by atoms with Crippen LogP contribution in [-0.2, 0) is 0 Å². The number of nitrogens with zero attached hydrogens (tertiary/aromatic N) is 1. The number of hydrogen-bond acceptors (Lipinski definition) is 3. The van der Waals surface area contributed by atoms with E-state index in [9.17, 15) is 5.26 Å². The quantitative estimate of drug-likeness (QED) is 0.611. The molecule has 0 unspecified atom stereocenters. The molecule has 0 amide bonds. The summed E-state index contributed by atoms with van der Waals surface area (Å²) in [6.07, 6.45) is 1.87. The Balaban J connectivity index is 2.02. The molecule has 0 aromatic heterocycles. The minimum atomic E-state index is 0.255. The van der Waals surface area contributed by atoms with E-state index in [0.29, 0.717) is 5.57 Å². The van der Waals surface area contributed by atoms with Crippen LogP contribution in [0.5, 0.6) is 11.5 Å². The molecule has 0 atom stereocenters. The number of allylic oxidation sites excluding steroid dienone is 1. The average molecular weight is 263 g/mol. The van der Waals surface area contributed by atoms with E-state index in [1.165, 1.54) is 0 Å². The monoisotopic (exact) mass is 263 g/mol. The molecule has 0 N–H and O–H groups in total. The molecule has 2 aromatic carbocycles. The first-order chi connectivity index (χ1) is 9.78. The van der Waals surface area contributed by atoms with Gasteiger partial charge in [-0.1, -0.05) is 30.3 Å². The van der Waals surface area contributed by atoms with Gasteiger partial charge in [0.25, 0.3) is 0 Å². The van der Waals surface area contributed by atoms with Crippen molar-refractivity contribution in [3.8, 4) is 17.6 Å². The van der Waals surface area contributed by atoms with Crippen LogP contribution in [0.4, 0.5) is 0 Å². The molecule has 0 spiro atoms. The minimum Gasteiger partial charge on any atom is -0.454 e. The van der Waals surface area contributed by atoms with Crippen molar-refractivity contribution in [1.82, 2.24) is 0 Å². The molecule has 1 aliphatic heterocycles. The predicted octanol–water partition coefficient (Wildman–Crippen LogP) is 3.79. The van der Waals surface area contributed by atoms with Gasteiger partial charge in [0.05, 0.1) is 11.6 Å². The number of fused-ring (bicyclic) bond motifs is 1. The van der Waals surface area contributed by atoms with Crippen molar-refractivity contribution in [3.05, 3.63) is 59.2 Å². The lowest BCUT2D eigenvalue weighted by atomic mass is 9.99. The highest BCUT2D eigenvalue weighted by Gasteiger charge is 2.13. The van der Waals surface area contributed by atoms with E-state index >= 15 is 0 Å². The van der Waals surface area contributed by atoms with Crippen molar-refractivity contribution < 1.29 is 9.47 Å². The molecular formula is C17H13NO2. The maximum atomic E-state index is 9.38. The van der Waals surface area contributed by atoms with Crippen LogP contribution >= 0.6 is 0 Å². The third kappa shape index (κ3) is 2.24. The fourth-order valence-corrected chi connectivity index (χ4v) is 2.21.